The molecule has 0 saturated carbocycles. The number of nitrogens with zero attached hydrogens (tertiary/aromatic N) is 4. The van der Waals surface area contributed by atoms with Gasteiger partial charge in [0.1, 0.15) is 16.9 Å². The maximum Gasteiger partial charge on any atom is 0.410 e. The number of aryl methyl sites for hydroxylation is 1. The zero-order valence-electron chi connectivity index (χ0n) is 24.2. The molecule has 1 aliphatic heterocycles. The second-order valence-electron chi connectivity index (χ2n) is 11.5. The molecule has 9 heteroatoms. The van der Waals surface area contributed by atoms with Crippen LogP contribution in [0.25, 0.3) is 27.5 Å². The Kier molecular flexibility index (Phi) is 7.35. The number of rotatable bonds is 4. The summed E-state index contributed by atoms with van der Waals surface area (Å²) in [5.41, 5.74) is 11.3. The van der Waals surface area contributed by atoms with Gasteiger partial charge in [-0.15, -0.1) is 0 Å². The van der Waals surface area contributed by atoms with Gasteiger partial charge >= 0.3 is 12.1 Å². The predicted molar refractivity (Wildman–Crippen MR) is 158 cm³/mol. The number of ether oxygens (including phenoxy) is 2. The molecule has 1 fully saturated rings. The quantitative estimate of drug-likeness (QED) is 0.251. The topological polar surface area (TPSA) is 123 Å². The molecular weight excluding hydrogens is 518 g/mol. The van der Waals surface area contributed by atoms with Gasteiger partial charge < -0.3 is 20.1 Å². The van der Waals surface area contributed by atoms with Crippen LogP contribution in [0.3, 0.4) is 0 Å². The highest BCUT2D eigenvalue weighted by Gasteiger charge is 2.31. The van der Waals surface area contributed by atoms with Crippen molar-refractivity contribution in [1.29, 1.82) is 5.26 Å². The van der Waals surface area contributed by atoms with E-state index in [1.807, 2.05) is 64.1 Å². The number of benzene rings is 3. The van der Waals surface area contributed by atoms with Gasteiger partial charge in [0.2, 0.25) is 0 Å². The summed E-state index contributed by atoms with van der Waals surface area (Å²) in [7, 11) is 1.37. The summed E-state index contributed by atoms with van der Waals surface area (Å²) in [5, 5.41) is 11.5. The van der Waals surface area contributed by atoms with Crippen LogP contribution in [0.5, 0.6) is 0 Å². The lowest BCUT2D eigenvalue weighted by Gasteiger charge is -2.34. The number of likely N-dealkylation sites (tertiary alicyclic amines) is 1. The van der Waals surface area contributed by atoms with E-state index in [4.69, 9.17) is 20.2 Å². The van der Waals surface area contributed by atoms with Crippen LogP contribution in [0.4, 0.5) is 10.5 Å². The second kappa shape index (κ2) is 10.8. The van der Waals surface area contributed by atoms with Crippen LogP contribution in [0.1, 0.15) is 62.0 Å². The summed E-state index contributed by atoms with van der Waals surface area (Å²) in [6, 6.07) is 16.0. The number of imidazole rings is 1. The van der Waals surface area contributed by atoms with Crippen molar-refractivity contribution in [3.63, 3.8) is 0 Å². The van der Waals surface area contributed by atoms with Crippen molar-refractivity contribution in [2.75, 3.05) is 25.9 Å². The third kappa shape index (κ3) is 5.30. The fraction of sp³-hybridized carbons (Fsp3) is 0.375. The van der Waals surface area contributed by atoms with E-state index in [2.05, 4.69) is 16.7 Å². The predicted octanol–water partition coefficient (Wildman–Crippen LogP) is 5.77. The summed E-state index contributed by atoms with van der Waals surface area (Å²) in [5.74, 6) is 0.432. The molecule has 1 amide bonds. The van der Waals surface area contributed by atoms with Crippen molar-refractivity contribution in [3.8, 4) is 11.8 Å². The number of carbonyl (C=O) groups excluding carboxylic acids is 2. The van der Waals surface area contributed by atoms with Gasteiger partial charge in [0.05, 0.1) is 42.1 Å². The molecule has 2 N–H and O–H groups in total. The summed E-state index contributed by atoms with van der Waals surface area (Å²) >= 11 is 0. The van der Waals surface area contributed by atoms with Crippen LogP contribution in [0.2, 0.25) is 0 Å². The molecule has 0 bridgehead atoms. The lowest BCUT2D eigenvalue weighted by molar-refractivity contribution is -0.139. The van der Waals surface area contributed by atoms with Crippen molar-refractivity contribution in [3.05, 3.63) is 65.0 Å². The zero-order valence-corrected chi connectivity index (χ0v) is 24.2. The van der Waals surface area contributed by atoms with Crippen LogP contribution in [-0.2, 0) is 20.7 Å². The van der Waals surface area contributed by atoms with E-state index in [0.29, 0.717) is 42.7 Å². The fourth-order valence-corrected chi connectivity index (χ4v) is 5.77. The molecule has 0 aliphatic carbocycles. The average molecular weight is 554 g/mol. The SMILES string of the molecule is COC(=O)Cc1c(C2CCN(C(=O)OC(C)(C)C)CC2)cc2c(nc(C)n2-c2ccc(C#N)c3ccccc23)c1N. The van der Waals surface area contributed by atoms with Crippen molar-refractivity contribution < 1.29 is 19.1 Å². The van der Waals surface area contributed by atoms with E-state index >= 15 is 0 Å². The molecule has 0 unspecified atom stereocenters. The van der Waals surface area contributed by atoms with E-state index in [0.717, 1.165) is 38.9 Å². The molecule has 1 aromatic heterocycles. The fourth-order valence-electron chi connectivity index (χ4n) is 5.77. The molecule has 41 heavy (non-hydrogen) atoms. The van der Waals surface area contributed by atoms with E-state index in [-0.39, 0.29) is 24.4 Å². The van der Waals surface area contributed by atoms with Crippen molar-refractivity contribution in [2.45, 2.75) is 58.5 Å². The molecule has 0 spiro atoms. The van der Waals surface area contributed by atoms with Crippen LogP contribution in [-0.4, -0.2) is 52.3 Å². The maximum absolute atomic E-state index is 12.7. The highest BCUT2D eigenvalue weighted by molar-refractivity contribution is 5.98. The largest absolute Gasteiger partial charge is 0.469 e. The number of nitriles is 1. The van der Waals surface area contributed by atoms with Gasteiger partial charge in [-0.05, 0) is 75.8 Å². The monoisotopic (exact) mass is 553 g/mol. The number of carbonyl (C=O) groups is 2. The van der Waals surface area contributed by atoms with Crippen LogP contribution >= 0.6 is 0 Å². The molecule has 1 aliphatic rings. The first kappa shape index (κ1) is 28.0. The first-order valence-corrected chi connectivity index (χ1v) is 13.8. The molecule has 2 heterocycles. The average Bonchev–Trinajstić information content (AvgIpc) is 3.28. The lowest BCUT2D eigenvalue weighted by atomic mass is 9.84. The second-order valence-corrected chi connectivity index (χ2v) is 11.5. The number of aromatic nitrogens is 2. The van der Waals surface area contributed by atoms with Gasteiger partial charge in [0.15, 0.2) is 0 Å². The Hall–Kier alpha value is -4.58. The van der Waals surface area contributed by atoms with Gasteiger partial charge in [-0.1, -0.05) is 24.3 Å². The Morgan fingerprint density at radius 2 is 1.80 bits per heavy atom. The Balaban J connectivity index is 1.62. The molecule has 5 rings (SSSR count). The van der Waals surface area contributed by atoms with Crippen molar-refractivity contribution in [1.82, 2.24) is 14.5 Å². The molecule has 4 aromatic rings. The number of anilines is 1. The molecule has 0 radical (unpaired) electrons. The Morgan fingerprint density at radius 3 is 2.44 bits per heavy atom. The van der Waals surface area contributed by atoms with E-state index in [1.54, 1.807) is 4.90 Å². The smallest absolute Gasteiger partial charge is 0.410 e. The summed E-state index contributed by atoms with van der Waals surface area (Å²) < 4.78 is 12.7. The Morgan fingerprint density at radius 1 is 1.12 bits per heavy atom. The number of esters is 1. The number of amides is 1. The van der Waals surface area contributed by atoms with E-state index < -0.39 is 5.60 Å². The van der Waals surface area contributed by atoms with Crippen LogP contribution in [0, 0.1) is 18.3 Å². The van der Waals surface area contributed by atoms with Crippen LogP contribution in [0.15, 0.2) is 42.5 Å². The molecule has 3 aromatic carbocycles. The first-order chi connectivity index (χ1) is 19.5. The number of hydrogen-bond donors (Lipinski definition) is 1. The molecule has 0 atom stereocenters. The van der Waals surface area contributed by atoms with Crippen LogP contribution < -0.4 is 5.73 Å². The van der Waals surface area contributed by atoms with Gasteiger partial charge in [-0.3, -0.25) is 9.36 Å². The summed E-state index contributed by atoms with van der Waals surface area (Å²) in [6.45, 7) is 8.57. The maximum atomic E-state index is 12.7. The molecular formula is C32H35N5O4. The zero-order chi connectivity index (χ0) is 29.5. The lowest BCUT2D eigenvalue weighted by Crippen LogP contribution is -2.41. The number of nitrogens with two attached hydrogens (primary N) is 1. The Bertz CT molecular complexity index is 1700. The molecule has 212 valence electrons. The third-order valence-corrected chi connectivity index (χ3v) is 7.70. The van der Waals surface area contributed by atoms with Crippen molar-refractivity contribution >= 4 is 39.6 Å². The first-order valence-electron chi connectivity index (χ1n) is 13.8. The van der Waals surface area contributed by atoms with Gasteiger partial charge in [-0.2, -0.15) is 5.26 Å². The minimum Gasteiger partial charge on any atom is -0.469 e. The highest BCUT2D eigenvalue weighted by atomic mass is 16.6. The van der Waals surface area contributed by atoms with E-state index in [1.165, 1.54) is 7.11 Å². The van der Waals surface area contributed by atoms with E-state index in [9.17, 15) is 14.9 Å². The highest BCUT2D eigenvalue weighted by Crippen LogP contribution is 2.39. The molecule has 1 saturated heterocycles. The molecule has 9 nitrogen and oxygen atoms in total. The third-order valence-electron chi connectivity index (χ3n) is 7.70. The van der Waals surface area contributed by atoms with Crippen molar-refractivity contribution in [2.24, 2.45) is 0 Å². The number of nitrogen functional groups attached to an aromatic ring is 1. The number of hydrogen-bond acceptors (Lipinski definition) is 7. The number of fused-ring (bicyclic) bond motifs is 2. The minimum atomic E-state index is -0.563. The Labute approximate surface area is 239 Å². The van der Waals surface area contributed by atoms with Gasteiger partial charge in [0.25, 0.3) is 0 Å². The summed E-state index contributed by atoms with van der Waals surface area (Å²) in [6.07, 6.45) is 1.12. The standard InChI is InChI=1S/C32H35N5O4/c1-19-35-30-27(37(19)26-11-10-21(18-33)22-8-6-7-9-23(22)26)16-24(25(29(30)34)17-28(38)40-5)20-12-14-36(15-13-20)31(39)41-32(2,3)4/h6-11,16,20H,12-15,17,34H2,1-5H3. The van der Waals surface area contributed by atoms with Gasteiger partial charge in [-0.25, -0.2) is 9.78 Å². The van der Waals surface area contributed by atoms with Gasteiger partial charge in [0, 0.05) is 23.9 Å². The number of piperidine rings is 1. The summed E-state index contributed by atoms with van der Waals surface area (Å²) in [4.78, 5) is 31.7. The number of methoxy groups -OCH3 is 1. The normalized spacial score (nSPS) is 14.3. The minimum absolute atomic E-state index is 0.0333.